The Labute approximate surface area is 146 Å². The lowest BCUT2D eigenvalue weighted by Gasteiger charge is -2.15. The van der Waals surface area contributed by atoms with Crippen molar-refractivity contribution in [3.63, 3.8) is 0 Å². The van der Waals surface area contributed by atoms with Crippen LogP contribution in [-0.4, -0.2) is 28.6 Å². The SMILES string of the molecule is Cc1cc(C(=O)O[C@H](C)C(=O)NC(C)C)c(C)n1Cc1cccs1. The molecular weight excluding hydrogens is 324 g/mol. The van der Waals surface area contributed by atoms with Gasteiger partial charge in [-0.1, -0.05) is 6.07 Å². The predicted octanol–water partition coefficient (Wildman–Crippen LogP) is 3.28. The number of ether oxygens (including phenoxy) is 1. The van der Waals surface area contributed by atoms with Gasteiger partial charge in [0, 0.05) is 22.3 Å². The number of nitrogens with one attached hydrogen (secondary N) is 1. The number of carbonyl (C=O) groups is 2. The molecule has 5 nitrogen and oxygen atoms in total. The van der Waals surface area contributed by atoms with Crippen LogP contribution in [0, 0.1) is 13.8 Å². The van der Waals surface area contributed by atoms with Crippen LogP contribution < -0.4 is 5.32 Å². The van der Waals surface area contributed by atoms with E-state index in [-0.39, 0.29) is 11.9 Å². The van der Waals surface area contributed by atoms with Crippen molar-refractivity contribution < 1.29 is 14.3 Å². The van der Waals surface area contributed by atoms with Crippen molar-refractivity contribution in [3.8, 4) is 0 Å². The average Bonchev–Trinajstić information content (AvgIpc) is 3.10. The van der Waals surface area contributed by atoms with E-state index in [1.165, 1.54) is 4.88 Å². The third-order valence-corrected chi connectivity index (χ3v) is 4.63. The molecule has 0 aromatic carbocycles. The lowest BCUT2D eigenvalue weighted by Crippen LogP contribution is -2.39. The summed E-state index contributed by atoms with van der Waals surface area (Å²) in [6.07, 6.45) is -0.819. The summed E-state index contributed by atoms with van der Waals surface area (Å²) in [5.41, 5.74) is 2.35. The maximum atomic E-state index is 12.4. The first-order valence-electron chi connectivity index (χ1n) is 8.00. The molecule has 0 unspecified atom stereocenters. The normalized spacial score (nSPS) is 12.2. The molecule has 2 heterocycles. The fraction of sp³-hybridized carbons (Fsp3) is 0.444. The second kappa shape index (κ2) is 7.66. The fourth-order valence-electron chi connectivity index (χ4n) is 2.49. The molecule has 1 N–H and O–H groups in total. The number of thiophene rings is 1. The molecule has 0 aliphatic carbocycles. The van der Waals surface area contributed by atoms with E-state index in [2.05, 4.69) is 16.0 Å². The van der Waals surface area contributed by atoms with Crippen LogP contribution in [0.5, 0.6) is 0 Å². The summed E-state index contributed by atoms with van der Waals surface area (Å²) >= 11 is 1.68. The predicted molar refractivity (Wildman–Crippen MR) is 95.5 cm³/mol. The summed E-state index contributed by atoms with van der Waals surface area (Å²) in [5.74, 6) is -0.752. The average molecular weight is 348 g/mol. The maximum absolute atomic E-state index is 12.4. The van der Waals surface area contributed by atoms with Crippen molar-refractivity contribution in [2.24, 2.45) is 0 Å². The van der Waals surface area contributed by atoms with Crippen molar-refractivity contribution in [1.82, 2.24) is 9.88 Å². The summed E-state index contributed by atoms with van der Waals surface area (Å²) in [4.78, 5) is 25.5. The van der Waals surface area contributed by atoms with Gasteiger partial charge in [0.1, 0.15) is 0 Å². The Morgan fingerprint density at radius 2 is 2.00 bits per heavy atom. The minimum absolute atomic E-state index is 0.00881. The van der Waals surface area contributed by atoms with Crippen molar-refractivity contribution in [2.75, 3.05) is 0 Å². The number of carbonyl (C=O) groups excluding carboxylic acids is 2. The summed E-state index contributed by atoms with van der Waals surface area (Å²) in [7, 11) is 0. The van der Waals surface area contributed by atoms with Crippen LogP contribution in [0.3, 0.4) is 0 Å². The Morgan fingerprint density at radius 1 is 1.29 bits per heavy atom. The van der Waals surface area contributed by atoms with E-state index in [9.17, 15) is 9.59 Å². The van der Waals surface area contributed by atoms with Gasteiger partial charge in [-0.15, -0.1) is 11.3 Å². The van der Waals surface area contributed by atoms with Crippen LogP contribution in [0.2, 0.25) is 0 Å². The largest absolute Gasteiger partial charge is 0.449 e. The molecule has 24 heavy (non-hydrogen) atoms. The zero-order valence-corrected chi connectivity index (χ0v) is 15.6. The fourth-order valence-corrected chi connectivity index (χ4v) is 3.18. The number of rotatable bonds is 6. The van der Waals surface area contributed by atoms with Crippen molar-refractivity contribution in [2.45, 2.75) is 53.3 Å². The molecule has 130 valence electrons. The third kappa shape index (κ3) is 4.26. The van der Waals surface area contributed by atoms with E-state index in [4.69, 9.17) is 4.74 Å². The molecule has 1 atom stereocenters. The number of esters is 1. The van der Waals surface area contributed by atoms with Gasteiger partial charge in [-0.3, -0.25) is 4.79 Å². The molecule has 0 saturated carbocycles. The van der Waals surface area contributed by atoms with Gasteiger partial charge in [-0.2, -0.15) is 0 Å². The van der Waals surface area contributed by atoms with E-state index in [0.29, 0.717) is 5.56 Å². The first-order chi connectivity index (χ1) is 11.3. The molecule has 2 rings (SSSR count). The van der Waals surface area contributed by atoms with Crippen LogP contribution in [0.4, 0.5) is 0 Å². The van der Waals surface area contributed by atoms with Crippen molar-refractivity contribution >= 4 is 23.2 Å². The van der Waals surface area contributed by atoms with Crippen LogP contribution in [0.25, 0.3) is 0 Å². The van der Waals surface area contributed by atoms with Crippen LogP contribution >= 0.6 is 11.3 Å². The molecule has 0 saturated heterocycles. The number of amides is 1. The smallest absolute Gasteiger partial charge is 0.340 e. The van der Waals surface area contributed by atoms with Gasteiger partial charge >= 0.3 is 5.97 Å². The van der Waals surface area contributed by atoms with E-state index in [1.54, 1.807) is 18.3 Å². The lowest BCUT2D eigenvalue weighted by molar-refractivity contribution is -0.129. The second-order valence-corrected chi connectivity index (χ2v) is 7.19. The Balaban J connectivity index is 2.11. The van der Waals surface area contributed by atoms with Gasteiger partial charge in [0.2, 0.25) is 0 Å². The molecule has 1 amide bonds. The number of aryl methyl sites for hydroxylation is 1. The number of hydrogen-bond acceptors (Lipinski definition) is 4. The van der Waals surface area contributed by atoms with E-state index in [0.717, 1.165) is 17.9 Å². The highest BCUT2D eigenvalue weighted by atomic mass is 32.1. The Bertz CT molecular complexity index is 717. The quantitative estimate of drug-likeness (QED) is 0.815. The van der Waals surface area contributed by atoms with Gasteiger partial charge < -0.3 is 14.6 Å². The van der Waals surface area contributed by atoms with Crippen molar-refractivity contribution in [3.05, 3.63) is 45.4 Å². The molecule has 0 aliphatic heterocycles. The van der Waals surface area contributed by atoms with Gasteiger partial charge in [0.05, 0.1) is 12.1 Å². The Morgan fingerprint density at radius 3 is 2.58 bits per heavy atom. The second-order valence-electron chi connectivity index (χ2n) is 6.16. The monoisotopic (exact) mass is 348 g/mol. The number of hydrogen-bond donors (Lipinski definition) is 1. The molecule has 0 aliphatic rings. The molecule has 0 bridgehead atoms. The Kier molecular flexibility index (Phi) is 5.83. The first-order valence-corrected chi connectivity index (χ1v) is 8.88. The van der Waals surface area contributed by atoms with Gasteiger partial charge in [0.15, 0.2) is 6.10 Å². The molecule has 0 spiro atoms. The van der Waals surface area contributed by atoms with Crippen LogP contribution in [-0.2, 0) is 16.1 Å². The third-order valence-electron chi connectivity index (χ3n) is 3.77. The first kappa shape index (κ1) is 18.3. The molecule has 0 fully saturated rings. The number of nitrogens with zero attached hydrogens (tertiary/aromatic N) is 1. The summed E-state index contributed by atoms with van der Waals surface area (Å²) in [5, 5.41) is 4.78. The molecule has 2 aromatic rings. The standard InChI is InChI=1S/C18H24N2O3S/c1-11(2)19-17(21)14(5)23-18(22)16-9-12(3)20(13(16)4)10-15-7-6-8-24-15/h6-9,11,14H,10H2,1-5H3,(H,19,21)/t14-/m1/s1. The highest BCUT2D eigenvalue weighted by molar-refractivity contribution is 7.09. The van der Waals surface area contributed by atoms with Gasteiger partial charge in [-0.05, 0) is 52.1 Å². The highest BCUT2D eigenvalue weighted by Gasteiger charge is 2.23. The van der Waals surface area contributed by atoms with E-state index in [1.807, 2.05) is 45.2 Å². The summed E-state index contributed by atoms with van der Waals surface area (Å²) in [6, 6.07) is 5.91. The maximum Gasteiger partial charge on any atom is 0.340 e. The van der Waals surface area contributed by atoms with Crippen LogP contribution in [0.15, 0.2) is 23.6 Å². The van der Waals surface area contributed by atoms with Crippen LogP contribution in [0.1, 0.15) is 47.4 Å². The zero-order chi connectivity index (χ0) is 17.9. The van der Waals surface area contributed by atoms with E-state index < -0.39 is 12.1 Å². The van der Waals surface area contributed by atoms with Gasteiger partial charge in [0.25, 0.3) is 5.91 Å². The molecule has 6 heteroatoms. The minimum Gasteiger partial charge on any atom is -0.449 e. The molecule has 2 aromatic heterocycles. The Hall–Kier alpha value is -2.08. The van der Waals surface area contributed by atoms with E-state index >= 15 is 0 Å². The molecule has 0 radical (unpaired) electrons. The zero-order valence-electron chi connectivity index (χ0n) is 14.8. The van der Waals surface area contributed by atoms with Crippen molar-refractivity contribution in [1.29, 1.82) is 0 Å². The lowest BCUT2D eigenvalue weighted by atomic mass is 10.2. The number of aromatic nitrogens is 1. The highest BCUT2D eigenvalue weighted by Crippen LogP contribution is 2.20. The summed E-state index contributed by atoms with van der Waals surface area (Å²) < 4.78 is 7.41. The van der Waals surface area contributed by atoms with Gasteiger partial charge in [-0.25, -0.2) is 4.79 Å². The topological polar surface area (TPSA) is 60.3 Å². The minimum atomic E-state index is -0.819. The molecular formula is C18H24N2O3S. The summed E-state index contributed by atoms with van der Waals surface area (Å²) in [6.45, 7) is 9.91.